The Kier molecular flexibility index (Phi) is 5.41. The predicted molar refractivity (Wildman–Crippen MR) is 112 cm³/mol. The number of nitrogens with zero attached hydrogens (tertiary/aromatic N) is 2. The molecule has 2 aromatic carbocycles. The Morgan fingerprint density at radius 2 is 1.81 bits per heavy atom. The molecule has 2 heterocycles. The smallest absolute Gasteiger partial charge is 0.142 e. The van der Waals surface area contributed by atoms with Crippen LogP contribution in [0.1, 0.15) is 11.3 Å². The Bertz CT molecular complexity index is 883. The Morgan fingerprint density at radius 1 is 1.07 bits per heavy atom. The first kappa shape index (κ1) is 18.0. The van der Waals surface area contributed by atoms with Gasteiger partial charge in [-0.05, 0) is 19.1 Å². The molecule has 5 heteroatoms. The lowest BCUT2D eigenvalue weighted by molar-refractivity contribution is -0.914. The van der Waals surface area contributed by atoms with Crippen LogP contribution in [0.25, 0.3) is 10.6 Å². The molecule has 1 aliphatic rings. The van der Waals surface area contributed by atoms with Crippen LogP contribution in [0.2, 0.25) is 0 Å². The quantitative estimate of drug-likeness (QED) is 0.738. The summed E-state index contributed by atoms with van der Waals surface area (Å²) in [7, 11) is 1.74. The zero-order valence-corrected chi connectivity index (χ0v) is 16.8. The average molecular weight is 381 g/mol. The fourth-order valence-electron chi connectivity index (χ4n) is 3.60. The van der Waals surface area contributed by atoms with Gasteiger partial charge in [0, 0.05) is 10.9 Å². The number of para-hydroxylation sites is 2. The van der Waals surface area contributed by atoms with Gasteiger partial charge in [0.1, 0.15) is 23.0 Å². The zero-order valence-electron chi connectivity index (χ0n) is 15.9. The maximum atomic E-state index is 5.52. The van der Waals surface area contributed by atoms with Gasteiger partial charge in [0.15, 0.2) is 0 Å². The number of nitrogens with one attached hydrogen (secondary N) is 1. The van der Waals surface area contributed by atoms with Crippen LogP contribution in [0.5, 0.6) is 5.75 Å². The van der Waals surface area contributed by atoms with E-state index in [-0.39, 0.29) is 0 Å². The lowest BCUT2D eigenvalue weighted by atomic mass is 10.2. The van der Waals surface area contributed by atoms with E-state index in [0.717, 1.165) is 43.5 Å². The van der Waals surface area contributed by atoms with Crippen molar-refractivity contribution in [3.8, 4) is 16.3 Å². The van der Waals surface area contributed by atoms with E-state index in [4.69, 9.17) is 9.72 Å². The van der Waals surface area contributed by atoms with Crippen molar-refractivity contribution in [3.05, 3.63) is 65.2 Å². The molecule has 0 radical (unpaired) electrons. The van der Waals surface area contributed by atoms with Crippen molar-refractivity contribution in [1.82, 2.24) is 4.98 Å². The third kappa shape index (κ3) is 4.15. The molecule has 1 aromatic heterocycles. The second kappa shape index (κ2) is 8.11. The number of ether oxygens (including phenoxy) is 1. The molecule has 0 spiro atoms. The molecule has 0 unspecified atom stereocenters. The van der Waals surface area contributed by atoms with Crippen molar-refractivity contribution >= 4 is 17.0 Å². The van der Waals surface area contributed by atoms with Crippen molar-refractivity contribution in [1.29, 1.82) is 0 Å². The molecule has 0 saturated carbocycles. The molecule has 1 aliphatic heterocycles. The van der Waals surface area contributed by atoms with Gasteiger partial charge in [0.25, 0.3) is 0 Å². The molecule has 0 atom stereocenters. The molecule has 1 saturated heterocycles. The average Bonchev–Trinajstić information content (AvgIpc) is 3.17. The Balaban J connectivity index is 1.36. The summed E-state index contributed by atoms with van der Waals surface area (Å²) in [4.78, 5) is 8.90. The van der Waals surface area contributed by atoms with Crippen molar-refractivity contribution in [2.45, 2.75) is 13.5 Å². The summed E-state index contributed by atoms with van der Waals surface area (Å²) in [5.74, 6) is 0.961. The van der Waals surface area contributed by atoms with E-state index in [1.165, 1.54) is 22.5 Å². The van der Waals surface area contributed by atoms with Crippen molar-refractivity contribution in [2.75, 3.05) is 38.2 Å². The van der Waals surface area contributed by atoms with Crippen molar-refractivity contribution < 1.29 is 9.64 Å². The van der Waals surface area contributed by atoms with Gasteiger partial charge >= 0.3 is 0 Å². The molecular formula is C22H26N3OS+. The monoisotopic (exact) mass is 380 g/mol. The van der Waals surface area contributed by atoms with Crippen molar-refractivity contribution in [2.24, 2.45) is 0 Å². The van der Waals surface area contributed by atoms with Crippen LogP contribution in [0, 0.1) is 6.92 Å². The number of aromatic nitrogens is 1. The topological polar surface area (TPSA) is 29.8 Å². The highest BCUT2D eigenvalue weighted by atomic mass is 32.1. The van der Waals surface area contributed by atoms with Crippen LogP contribution >= 0.6 is 11.3 Å². The van der Waals surface area contributed by atoms with Gasteiger partial charge in [0.2, 0.25) is 0 Å². The van der Waals surface area contributed by atoms with Gasteiger partial charge in [-0.2, -0.15) is 0 Å². The van der Waals surface area contributed by atoms with E-state index in [2.05, 4.69) is 53.6 Å². The minimum Gasteiger partial charge on any atom is -0.495 e. The summed E-state index contributed by atoms with van der Waals surface area (Å²) in [5, 5.41) is 3.34. The van der Waals surface area contributed by atoms with Gasteiger partial charge in [-0.3, -0.25) is 0 Å². The number of methoxy groups -OCH3 is 1. The Labute approximate surface area is 165 Å². The van der Waals surface area contributed by atoms with Crippen LogP contribution in [-0.2, 0) is 6.54 Å². The van der Waals surface area contributed by atoms with E-state index in [1.807, 2.05) is 12.1 Å². The first-order chi connectivity index (χ1) is 13.2. The lowest BCUT2D eigenvalue weighted by Crippen LogP contribution is -3.13. The number of hydrogen-bond donors (Lipinski definition) is 1. The molecule has 4 nitrogen and oxygen atoms in total. The highest BCUT2D eigenvalue weighted by Gasteiger charge is 2.23. The van der Waals surface area contributed by atoms with E-state index in [0.29, 0.717) is 0 Å². The number of benzene rings is 2. The third-order valence-electron chi connectivity index (χ3n) is 5.18. The van der Waals surface area contributed by atoms with E-state index < -0.39 is 0 Å². The zero-order chi connectivity index (χ0) is 18.6. The fourth-order valence-corrected chi connectivity index (χ4v) is 4.43. The maximum Gasteiger partial charge on any atom is 0.142 e. The minimum atomic E-state index is 0.961. The summed E-state index contributed by atoms with van der Waals surface area (Å²) >= 11 is 1.75. The van der Waals surface area contributed by atoms with Crippen LogP contribution in [-0.4, -0.2) is 38.3 Å². The number of thiazole rings is 1. The number of quaternary nitrogens is 1. The van der Waals surface area contributed by atoms with Crippen LogP contribution in [0.3, 0.4) is 0 Å². The SMILES string of the molecule is COc1ccccc1N1CC[NH+](Cc2csc(-c3ccc(C)cc3)n2)CC1. The highest BCUT2D eigenvalue weighted by Crippen LogP contribution is 2.27. The molecule has 0 amide bonds. The molecule has 27 heavy (non-hydrogen) atoms. The van der Waals surface area contributed by atoms with Gasteiger partial charge in [-0.15, -0.1) is 11.3 Å². The molecule has 4 rings (SSSR count). The summed E-state index contributed by atoms with van der Waals surface area (Å²) in [5.41, 5.74) is 4.91. The number of piperazine rings is 1. The number of anilines is 1. The largest absolute Gasteiger partial charge is 0.495 e. The van der Waals surface area contributed by atoms with Gasteiger partial charge in [0.05, 0.1) is 39.0 Å². The maximum absolute atomic E-state index is 5.52. The molecule has 140 valence electrons. The summed E-state index contributed by atoms with van der Waals surface area (Å²) in [6.07, 6.45) is 0. The van der Waals surface area contributed by atoms with Crippen LogP contribution in [0.15, 0.2) is 53.9 Å². The summed E-state index contributed by atoms with van der Waals surface area (Å²) < 4.78 is 5.52. The highest BCUT2D eigenvalue weighted by molar-refractivity contribution is 7.13. The molecule has 3 aromatic rings. The second-order valence-electron chi connectivity index (χ2n) is 7.10. The molecule has 0 bridgehead atoms. The van der Waals surface area contributed by atoms with E-state index in [1.54, 1.807) is 23.3 Å². The Morgan fingerprint density at radius 3 is 2.56 bits per heavy atom. The molecule has 0 aliphatic carbocycles. The minimum absolute atomic E-state index is 0.961. The van der Waals surface area contributed by atoms with E-state index >= 15 is 0 Å². The standard InChI is InChI=1S/C22H25N3OS/c1-17-7-9-18(10-8-17)22-23-19(16-27-22)15-24-11-13-25(14-12-24)20-5-3-4-6-21(20)26-2/h3-10,16H,11-15H2,1-2H3/p+1. The van der Waals surface area contributed by atoms with Crippen LogP contribution in [0.4, 0.5) is 5.69 Å². The van der Waals surface area contributed by atoms with Gasteiger partial charge in [-0.25, -0.2) is 4.98 Å². The Hall–Kier alpha value is -2.37. The summed E-state index contributed by atoms with van der Waals surface area (Å²) in [6.45, 7) is 7.45. The van der Waals surface area contributed by atoms with E-state index in [9.17, 15) is 0 Å². The third-order valence-corrected chi connectivity index (χ3v) is 6.12. The lowest BCUT2D eigenvalue weighted by Gasteiger charge is -2.34. The molecular weight excluding hydrogens is 354 g/mol. The fraction of sp³-hybridized carbons (Fsp3) is 0.318. The normalized spacial score (nSPS) is 15.1. The van der Waals surface area contributed by atoms with Crippen molar-refractivity contribution in [3.63, 3.8) is 0 Å². The first-order valence-corrected chi connectivity index (χ1v) is 10.3. The number of aryl methyl sites for hydroxylation is 1. The number of hydrogen-bond acceptors (Lipinski definition) is 4. The molecule has 1 fully saturated rings. The van der Waals surface area contributed by atoms with Crippen LogP contribution < -0.4 is 14.5 Å². The summed E-state index contributed by atoms with van der Waals surface area (Å²) in [6, 6.07) is 16.9. The number of rotatable bonds is 5. The van der Waals surface area contributed by atoms with Gasteiger partial charge < -0.3 is 14.5 Å². The predicted octanol–water partition coefficient (Wildman–Crippen LogP) is 3.03. The molecule has 1 N–H and O–H groups in total. The van der Waals surface area contributed by atoms with Gasteiger partial charge in [-0.1, -0.05) is 42.0 Å². The first-order valence-electron chi connectivity index (χ1n) is 9.46. The second-order valence-corrected chi connectivity index (χ2v) is 7.95.